The number of carbonyl (C=O) groups excluding carboxylic acids is 1. The third-order valence-corrected chi connectivity index (χ3v) is 4.46. The average Bonchev–Trinajstić information content (AvgIpc) is 3.01. The van der Waals surface area contributed by atoms with E-state index in [-0.39, 0.29) is 30.5 Å². The summed E-state index contributed by atoms with van der Waals surface area (Å²) in [5, 5.41) is 3.41. The molecule has 0 radical (unpaired) electrons. The second-order valence-electron chi connectivity index (χ2n) is 6.11. The third-order valence-electron chi connectivity index (χ3n) is 4.46. The lowest BCUT2D eigenvalue weighted by Gasteiger charge is -2.39. The lowest BCUT2D eigenvalue weighted by molar-refractivity contribution is -0.145. The zero-order valence-electron chi connectivity index (χ0n) is 13.0. The van der Waals surface area contributed by atoms with Crippen LogP contribution in [-0.2, 0) is 9.53 Å². The molecule has 2 aliphatic rings. The van der Waals surface area contributed by atoms with Gasteiger partial charge in [0.25, 0.3) is 0 Å². The number of carbonyl (C=O) groups is 1. The molecule has 3 atom stereocenters. The number of morpholine rings is 1. The predicted molar refractivity (Wildman–Crippen MR) is 89.2 cm³/mol. The molecule has 0 bridgehead atoms. The van der Waals surface area contributed by atoms with Crippen LogP contribution in [0.25, 0.3) is 0 Å². The summed E-state index contributed by atoms with van der Waals surface area (Å²) in [6.07, 6.45) is 3.02. The monoisotopic (exact) mass is 324 g/mol. The summed E-state index contributed by atoms with van der Waals surface area (Å²) in [6, 6.07) is 10.6. The predicted octanol–water partition coefficient (Wildman–Crippen LogP) is 2.54. The van der Waals surface area contributed by atoms with Crippen molar-refractivity contribution in [3.63, 3.8) is 0 Å². The first-order chi connectivity index (χ1) is 10.2. The smallest absolute Gasteiger partial charge is 0.224 e. The minimum atomic E-state index is 0. The van der Waals surface area contributed by atoms with Gasteiger partial charge in [0.2, 0.25) is 5.91 Å². The average molecular weight is 325 g/mol. The summed E-state index contributed by atoms with van der Waals surface area (Å²) in [4.78, 5) is 14.7. The molecular formula is C17H25ClN2O2. The highest BCUT2D eigenvalue weighted by atomic mass is 35.5. The number of amides is 1. The standard InChI is InChI=1S/C17H24N2O2.ClH/c1-13-11-19(17(20)10-15-8-5-9-18-15)16(12-21-13)14-6-3-2-4-7-14;/h2-4,6-7,13,15-16,18H,5,8-12H2,1H3;1H. The lowest BCUT2D eigenvalue weighted by Crippen LogP contribution is -2.48. The van der Waals surface area contributed by atoms with Gasteiger partial charge in [0.15, 0.2) is 0 Å². The second kappa shape index (κ2) is 7.95. The molecule has 4 nitrogen and oxygen atoms in total. The SMILES string of the molecule is CC1CN(C(=O)CC2CCCN2)C(c2ccccc2)CO1.Cl. The van der Waals surface area contributed by atoms with E-state index in [1.54, 1.807) is 0 Å². The highest BCUT2D eigenvalue weighted by molar-refractivity contribution is 5.85. The van der Waals surface area contributed by atoms with Crippen LogP contribution in [0, 0.1) is 0 Å². The highest BCUT2D eigenvalue weighted by Gasteiger charge is 2.32. The number of nitrogens with zero attached hydrogens (tertiary/aromatic N) is 1. The number of ether oxygens (including phenoxy) is 1. The van der Waals surface area contributed by atoms with E-state index in [4.69, 9.17) is 4.74 Å². The maximum atomic E-state index is 12.7. The molecule has 122 valence electrons. The molecule has 0 spiro atoms. The molecule has 5 heteroatoms. The summed E-state index contributed by atoms with van der Waals surface area (Å²) in [7, 11) is 0. The molecule has 22 heavy (non-hydrogen) atoms. The van der Waals surface area contributed by atoms with Gasteiger partial charge in [-0.05, 0) is 31.9 Å². The van der Waals surface area contributed by atoms with Gasteiger partial charge in [-0.25, -0.2) is 0 Å². The maximum absolute atomic E-state index is 12.7. The summed E-state index contributed by atoms with van der Waals surface area (Å²) < 4.78 is 5.79. The Morgan fingerprint density at radius 1 is 1.36 bits per heavy atom. The van der Waals surface area contributed by atoms with E-state index in [0.29, 0.717) is 25.6 Å². The fourth-order valence-electron chi connectivity index (χ4n) is 3.29. The van der Waals surface area contributed by atoms with E-state index < -0.39 is 0 Å². The van der Waals surface area contributed by atoms with E-state index >= 15 is 0 Å². The molecule has 1 aromatic rings. The van der Waals surface area contributed by atoms with Gasteiger partial charge in [0, 0.05) is 19.0 Å². The maximum Gasteiger partial charge on any atom is 0.224 e. The van der Waals surface area contributed by atoms with E-state index in [1.165, 1.54) is 6.42 Å². The first-order valence-electron chi connectivity index (χ1n) is 7.93. The molecule has 3 unspecified atom stereocenters. The zero-order chi connectivity index (χ0) is 14.7. The van der Waals surface area contributed by atoms with Crippen LogP contribution in [0.15, 0.2) is 30.3 Å². The molecule has 2 saturated heterocycles. The fourth-order valence-corrected chi connectivity index (χ4v) is 3.29. The summed E-state index contributed by atoms with van der Waals surface area (Å²) in [5.41, 5.74) is 1.16. The number of hydrogen-bond acceptors (Lipinski definition) is 3. The molecule has 0 aliphatic carbocycles. The Morgan fingerprint density at radius 3 is 2.82 bits per heavy atom. The van der Waals surface area contributed by atoms with Gasteiger partial charge in [-0.3, -0.25) is 4.79 Å². The number of benzene rings is 1. The Morgan fingerprint density at radius 2 is 2.14 bits per heavy atom. The molecular weight excluding hydrogens is 300 g/mol. The largest absolute Gasteiger partial charge is 0.374 e. The van der Waals surface area contributed by atoms with Crippen molar-refractivity contribution in [2.75, 3.05) is 19.7 Å². The van der Waals surface area contributed by atoms with Crippen LogP contribution in [0.1, 0.15) is 37.8 Å². The lowest BCUT2D eigenvalue weighted by atomic mass is 10.0. The number of nitrogens with one attached hydrogen (secondary N) is 1. The minimum absolute atomic E-state index is 0. The fraction of sp³-hybridized carbons (Fsp3) is 0.588. The first kappa shape index (κ1) is 17.3. The Balaban J connectivity index is 0.00000176. The molecule has 1 N–H and O–H groups in total. The van der Waals surface area contributed by atoms with Gasteiger partial charge < -0.3 is 15.0 Å². The summed E-state index contributed by atoms with van der Waals surface area (Å²) in [5.74, 6) is 0.249. The first-order valence-corrected chi connectivity index (χ1v) is 7.93. The van der Waals surface area contributed by atoms with Crippen LogP contribution in [0.3, 0.4) is 0 Å². The van der Waals surface area contributed by atoms with Crippen molar-refractivity contribution in [3.8, 4) is 0 Å². The van der Waals surface area contributed by atoms with Crippen molar-refractivity contribution in [1.82, 2.24) is 10.2 Å². The molecule has 0 saturated carbocycles. The molecule has 0 aromatic heterocycles. The van der Waals surface area contributed by atoms with Crippen LogP contribution < -0.4 is 5.32 Å². The molecule has 1 amide bonds. The van der Waals surface area contributed by atoms with Crippen LogP contribution >= 0.6 is 12.4 Å². The van der Waals surface area contributed by atoms with E-state index in [1.807, 2.05) is 30.0 Å². The van der Waals surface area contributed by atoms with Crippen LogP contribution in [0.5, 0.6) is 0 Å². The van der Waals surface area contributed by atoms with Crippen molar-refractivity contribution in [2.45, 2.75) is 44.4 Å². The van der Waals surface area contributed by atoms with Gasteiger partial charge in [-0.15, -0.1) is 12.4 Å². The molecule has 2 aliphatic heterocycles. The van der Waals surface area contributed by atoms with Gasteiger partial charge in [0.05, 0.1) is 18.8 Å². The van der Waals surface area contributed by atoms with E-state index in [0.717, 1.165) is 18.5 Å². The second-order valence-corrected chi connectivity index (χ2v) is 6.11. The molecule has 1 aromatic carbocycles. The number of rotatable bonds is 3. The van der Waals surface area contributed by atoms with Gasteiger partial charge in [-0.1, -0.05) is 30.3 Å². The van der Waals surface area contributed by atoms with Crippen molar-refractivity contribution >= 4 is 18.3 Å². The van der Waals surface area contributed by atoms with Crippen molar-refractivity contribution < 1.29 is 9.53 Å². The molecule has 2 fully saturated rings. The summed E-state index contributed by atoms with van der Waals surface area (Å²) >= 11 is 0. The minimum Gasteiger partial charge on any atom is -0.374 e. The Labute approximate surface area is 138 Å². The number of halogens is 1. The highest BCUT2D eigenvalue weighted by Crippen LogP contribution is 2.27. The van der Waals surface area contributed by atoms with Crippen molar-refractivity contribution in [1.29, 1.82) is 0 Å². The Bertz CT molecular complexity index is 477. The van der Waals surface area contributed by atoms with Crippen LogP contribution in [0.2, 0.25) is 0 Å². The van der Waals surface area contributed by atoms with Crippen molar-refractivity contribution in [2.24, 2.45) is 0 Å². The van der Waals surface area contributed by atoms with E-state index in [9.17, 15) is 4.79 Å². The molecule has 3 rings (SSSR count). The Hall–Kier alpha value is -1.10. The van der Waals surface area contributed by atoms with Gasteiger partial charge in [-0.2, -0.15) is 0 Å². The Kier molecular flexibility index (Phi) is 6.24. The third kappa shape index (κ3) is 4.00. The normalized spacial score (nSPS) is 28.2. The van der Waals surface area contributed by atoms with Gasteiger partial charge >= 0.3 is 0 Å². The molecule has 2 heterocycles. The summed E-state index contributed by atoms with van der Waals surface area (Å²) in [6.45, 7) is 4.36. The van der Waals surface area contributed by atoms with Gasteiger partial charge in [0.1, 0.15) is 0 Å². The quantitative estimate of drug-likeness (QED) is 0.929. The van der Waals surface area contributed by atoms with E-state index in [2.05, 4.69) is 17.4 Å². The van der Waals surface area contributed by atoms with Crippen LogP contribution in [-0.4, -0.2) is 42.6 Å². The topological polar surface area (TPSA) is 41.6 Å². The number of hydrogen-bond donors (Lipinski definition) is 1. The van der Waals surface area contributed by atoms with Crippen molar-refractivity contribution in [3.05, 3.63) is 35.9 Å². The van der Waals surface area contributed by atoms with Crippen LogP contribution in [0.4, 0.5) is 0 Å². The zero-order valence-corrected chi connectivity index (χ0v) is 13.8.